The molecule has 0 aliphatic carbocycles. The highest BCUT2D eigenvalue weighted by molar-refractivity contribution is 9.10. The van der Waals surface area contributed by atoms with Gasteiger partial charge in [0.15, 0.2) is 5.76 Å². The quantitative estimate of drug-likeness (QED) is 0.716. The number of anilines is 1. The summed E-state index contributed by atoms with van der Waals surface area (Å²) in [6.45, 7) is 1.80. The van der Waals surface area contributed by atoms with Gasteiger partial charge in [0.2, 0.25) is 0 Å². The molecule has 0 bridgehead atoms. The summed E-state index contributed by atoms with van der Waals surface area (Å²) < 4.78 is 20.0. The molecule has 0 radical (unpaired) electrons. The zero-order valence-electron chi connectivity index (χ0n) is 11.1. The molecule has 3 nitrogen and oxygen atoms in total. The molecule has 1 heterocycles. The molecule has 1 N–H and O–H groups in total. The summed E-state index contributed by atoms with van der Waals surface area (Å²) in [4.78, 5) is 12.3. The van der Waals surface area contributed by atoms with Gasteiger partial charge in [-0.3, -0.25) is 4.79 Å². The summed E-state index contributed by atoms with van der Waals surface area (Å²) in [7, 11) is 0. The second kappa shape index (κ2) is 5.33. The van der Waals surface area contributed by atoms with Gasteiger partial charge in [0.05, 0.1) is 5.69 Å². The van der Waals surface area contributed by atoms with E-state index in [0.29, 0.717) is 5.58 Å². The maximum atomic E-state index is 13.6. The zero-order valence-corrected chi connectivity index (χ0v) is 12.7. The molecule has 0 atom stereocenters. The molecule has 1 aromatic heterocycles. The summed E-state index contributed by atoms with van der Waals surface area (Å²) in [6.07, 6.45) is 0. The monoisotopic (exact) mass is 347 g/mol. The van der Waals surface area contributed by atoms with Crippen molar-refractivity contribution in [2.24, 2.45) is 0 Å². The van der Waals surface area contributed by atoms with Crippen LogP contribution >= 0.6 is 15.9 Å². The number of aryl methyl sites for hydroxylation is 1. The fourth-order valence-corrected chi connectivity index (χ4v) is 2.51. The standard InChI is InChI=1S/C16H11BrFNO2/c1-9-11-8-10(17)6-7-14(11)21-15(9)16(20)19-13-5-3-2-4-12(13)18/h2-8H,1H3,(H,19,20). The number of para-hydroxylation sites is 1. The predicted octanol–water partition coefficient (Wildman–Crippen LogP) is 4.90. The van der Waals surface area contributed by atoms with E-state index in [1.165, 1.54) is 12.1 Å². The minimum Gasteiger partial charge on any atom is -0.451 e. The molecule has 0 fully saturated rings. The minimum atomic E-state index is -0.484. The lowest BCUT2D eigenvalue weighted by Crippen LogP contribution is -2.13. The van der Waals surface area contributed by atoms with Gasteiger partial charge in [-0.15, -0.1) is 0 Å². The number of hydrogen-bond acceptors (Lipinski definition) is 2. The fraction of sp³-hybridized carbons (Fsp3) is 0.0625. The third-order valence-electron chi connectivity index (χ3n) is 3.23. The maximum Gasteiger partial charge on any atom is 0.291 e. The first-order valence-corrected chi connectivity index (χ1v) is 7.10. The number of carbonyl (C=O) groups is 1. The molecule has 0 aliphatic heterocycles. The second-order valence-electron chi connectivity index (χ2n) is 4.63. The van der Waals surface area contributed by atoms with E-state index in [1.54, 1.807) is 25.1 Å². The van der Waals surface area contributed by atoms with Crippen LogP contribution in [-0.4, -0.2) is 5.91 Å². The molecule has 1 amide bonds. The third kappa shape index (κ3) is 2.56. The van der Waals surface area contributed by atoms with Crippen LogP contribution in [0.2, 0.25) is 0 Å². The molecular weight excluding hydrogens is 337 g/mol. The number of amides is 1. The summed E-state index contributed by atoms with van der Waals surface area (Å²) in [6, 6.07) is 11.5. The highest BCUT2D eigenvalue weighted by atomic mass is 79.9. The van der Waals surface area contributed by atoms with Gasteiger partial charge in [0.25, 0.3) is 5.91 Å². The van der Waals surface area contributed by atoms with E-state index in [9.17, 15) is 9.18 Å². The molecule has 106 valence electrons. The Kier molecular flexibility index (Phi) is 3.51. The van der Waals surface area contributed by atoms with Crippen LogP contribution < -0.4 is 5.32 Å². The van der Waals surface area contributed by atoms with Crippen LogP contribution in [0, 0.1) is 12.7 Å². The normalized spacial score (nSPS) is 10.8. The minimum absolute atomic E-state index is 0.128. The van der Waals surface area contributed by atoms with E-state index in [4.69, 9.17) is 4.42 Å². The van der Waals surface area contributed by atoms with Gasteiger partial charge < -0.3 is 9.73 Å². The first kappa shape index (κ1) is 13.8. The molecule has 2 aromatic carbocycles. The van der Waals surface area contributed by atoms with E-state index in [1.807, 2.05) is 12.1 Å². The van der Waals surface area contributed by atoms with E-state index in [0.717, 1.165) is 15.4 Å². The van der Waals surface area contributed by atoms with Crippen molar-refractivity contribution in [2.45, 2.75) is 6.92 Å². The van der Waals surface area contributed by atoms with Crippen LogP contribution in [-0.2, 0) is 0 Å². The molecular formula is C16H11BrFNO2. The molecule has 3 rings (SSSR count). The summed E-state index contributed by atoms with van der Waals surface area (Å²) >= 11 is 3.38. The van der Waals surface area contributed by atoms with Gasteiger partial charge in [-0.2, -0.15) is 0 Å². The number of halogens is 2. The van der Waals surface area contributed by atoms with Gasteiger partial charge in [0, 0.05) is 15.4 Å². The summed E-state index contributed by atoms with van der Waals surface area (Å²) in [5, 5.41) is 3.37. The number of nitrogens with one attached hydrogen (secondary N) is 1. The maximum absolute atomic E-state index is 13.6. The van der Waals surface area contributed by atoms with Crippen molar-refractivity contribution >= 4 is 38.5 Å². The summed E-state index contributed by atoms with van der Waals surface area (Å²) in [5.74, 6) is -0.765. The van der Waals surface area contributed by atoms with E-state index >= 15 is 0 Å². The van der Waals surface area contributed by atoms with Gasteiger partial charge >= 0.3 is 0 Å². The Morgan fingerprint density at radius 2 is 2.00 bits per heavy atom. The number of hydrogen-bond donors (Lipinski definition) is 1. The number of fused-ring (bicyclic) bond motifs is 1. The molecule has 3 aromatic rings. The molecule has 0 unspecified atom stereocenters. The lowest BCUT2D eigenvalue weighted by Gasteiger charge is -2.04. The Bertz CT molecular complexity index is 841. The van der Waals surface area contributed by atoms with Gasteiger partial charge in [-0.1, -0.05) is 28.1 Å². The van der Waals surface area contributed by atoms with E-state index in [-0.39, 0.29) is 11.4 Å². The average Bonchev–Trinajstić information content (AvgIpc) is 2.79. The molecule has 0 aliphatic rings. The second-order valence-corrected chi connectivity index (χ2v) is 5.55. The Morgan fingerprint density at radius 1 is 1.24 bits per heavy atom. The van der Waals surface area contributed by atoms with Crippen molar-refractivity contribution in [3.63, 3.8) is 0 Å². The SMILES string of the molecule is Cc1c(C(=O)Nc2ccccc2F)oc2ccc(Br)cc12. The van der Waals surface area contributed by atoms with Gasteiger partial charge in [-0.25, -0.2) is 4.39 Å². The van der Waals surface area contributed by atoms with Crippen molar-refractivity contribution in [3.05, 3.63) is 64.1 Å². The number of carbonyl (C=O) groups excluding carboxylic acids is 1. The van der Waals surface area contributed by atoms with Crippen molar-refractivity contribution in [3.8, 4) is 0 Å². The molecule has 5 heteroatoms. The van der Waals surface area contributed by atoms with Crippen molar-refractivity contribution in [1.29, 1.82) is 0 Å². The number of rotatable bonds is 2. The van der Waals surface area contributed by atoms with Crippen LogP contribution in [0.5, 0.6) is 0 Å². The lowest BCUT2D eigenvalue weighted by atomic mass is 10.1. The van der Waals surface area contributed by atoms with Crippen molar-refractivity contribution in [2.75, 3.05) is 5.32 Å². The van der Waals surface area contributed by atoms with Crippen molar-refractivity contribution < 1.29 is 13.6 Å². The fourth-order valence-electron chi connectivity index (χ4n) is 2.15. The first-order valence-electron chi connectivity index (χ1n) is 6.31. The van der Waals surface area contributed by atoms with Crippen LogP contribution in [0.1, 0.15) is 16.1 Å². The Hall–Kier alpha value is -2.14. The first-order chi connectivity index (χ1) is 10.1. The number of benzene rings is 2. The van der Waals surface area contributed by atoms with E-state index < -0.39 is 11.7 Å². The van der Waals surface area contributed by atoms with Crippen LogP contribution in [0.3, 0.4) is 0 Å². The Labute approximate surface area is 128 Å². The van der Waals surface area contributed by atoms with Crippen LogP contribution in [0.25, 0.3) is 11.0 Å². The summed E-state index contributed by atoms with van der Waals surface area (Å²) in [5.41, 5.74) is 1.47. The van der Waals surface area contributed by atoms with Gasteiger partial charge in [0.1, 0.15) is 11.4 Å². The zero-order chi connectivity index (χ0) is 15.0. The van der Waals surface area contributed by atoms with Crippen LogP contribution in [0.4, 0.5) is 10.1 Å². The third-order valence-corrected chi connectivity index (χ3v) is 3.72. The molecule has 0 saturated heterocycles. The molecule has 0 spiro atoms. The topological polar surface area (TPSA) is 42.2 Å². The smallest absolute Gasteiger partial charge is 0.291 e. The molecule has 21 heavy (non-hydrogen) atoms. The van der Waals surface area contributed by atoms with Crippen molar-refractivity contribution in [1.82, 2.24) is 0 Å². The van der Waals surface area contributed by atoms with E-state index in [2.05, 4.69) is 21.2 Å². The Balaban J connectivity index is 1.99. The van der Waals surface area contributed by atoms with Crippen LogP contribution in [0.15, 0.2) is 51.4 Å². The Morgan fingerprint density at radius 3 is 2.76 bits per heavy atom. The largest absolute Gasteiger partial charge is 0.451 e. The highest BCUT2D eigenvalue weighted by Gasteiger charge is 2.18. The number of furan rings is 1. The average molecular weight is 348 g/mol. The predicted molar refractivity (Wildman–Crippen MR) is 83.0 cm³/mol. The van der Waals surface area contributed by atoms with Gasteiger partial charge in [-0.05, 0) is 37.3 Å². The molecule has 0 saturated carbocycles. The highest BCUT2D eigenvalue weighted by Crippen LogP contribution is 2.28. The lowest BCUT2D eigenvalue weighted by molar-refractivity contribution is 0.0997.